The number of carboxylic acid groups (broad SMARTS) is 1. The number of aliphatic carboxylic acids is 1. The van der Waals surface area contributed by atoms with Gasteiger partial charge in [0.15, 0.2) is 0 Å². The van der Waals surface area contributed by atoms with E-state index < -0.39 is 16.9 Å². The van der Waals surface area contributed by atoms with E-state index in [2.05, 4.69) is 15.9 Å². The molecule has 1 heterocycles. The summed E-state index contributed by atoms with van der Waals surface area (Å²) >= 11 is 3.28. The predicted octanol–water partition coefficient (Wildman–Crippen LogP) is 3.05. The lowest BCUT2D eigenvalue weighted by Crippen LogP contribution is -2.47. The van der Waals surface area contributed by atoms with Gasteiger partial charge in [-0.15, -0.1) is 0 Å². The lowest BCUT2D eigenvalue weighted by molar-refractivity contribution is -0.384. The fourth-order valence-electron chi connectivity index (χ4n) is 2.55. The van der Waals surface area contributed by atoms with E-state index in [4.69, 9.17) is 0 Å². The van der Waals surface area contributed by atoms with Crippen LogP contribution in [0.4, 0.5) is 11.4 Å². The summed E-state index contributed by atoms with van der Waals surface area (Å²) in [6.07, 6.45) is 1.33. The second-order valence-electron chi connectivity index (χ2n) is 5.07. The molecule has 0 aromatic heterocycles. The second kappa shape index (κ2) is 5.78. The Morgan fingerprint density at radius 2 is 2.25 bits per heavy atom. The number of carboxylic acids is 1. The van der Waals surface area contributed by atoms with Gasteiger partial charge in [-0.1, -0.05) is 22.9 Å². The number of nitrogens with zero attached hydrogens (tertiary/aromatic N) is 2. The molecule has 1 aliphatic heterocycles. The van der Waals surface area contributed by atoms with Gasteiger partial charge in [0.25, 0.3) is 5.69 Å². The number of carbonyl (C=O) groups is 1. The van der Waals surface area contributed by atoms with Crippen LogP contribution in [0.5, 0.6) is 0 Å². The molecule has 2 rings (SSSR count). The Labute approximate surface area is 124 Å². The van der Waals surface area contributed by atoms with Crippen LogP contribution in [0.3, 0.4) is 0 Å². The molecule has 6 nitrogen and oxygen atoms in total. The highest BCUT2D eigenvalue weighted by Gasteiger charge is 2.35. The molecule has 0 spiro atoms. The highest BCUT2D eigenvalue weighted by Crippen LogP contribution is 2.36. The molecule has 1 aromatic carbocycles. The third kappa shape index (κ3) is 2.92. The molecular weight excluding hydrogens is 328 g/mol. The molecule has 0 aliphatic carbocycles. The fourth-order valence-corrected chi connectivity index (χ4v) is 2.89. The van der Waals surface area contributed by atoms with Crippen molar-refractivity contribution in [3.63, 3.8) is 0 Å². The van der Waals surface area contributed by atoms with E-state index in [1.165, 1.54) is 6.07 Å². The summed E-state index contributed by atoms with van der Waals surface area (Å²) in [6, 6.07) is 3.89. The van der Waals surface area contributed by atoms with Crippen LogP contribution in [0.1, 0.15) is 19.8 Å². The molecule has 0 bridgehead atoms. The zero-order valence-electron chi connectivity index (χ0n) is 11.0. The number of anilines is 1. The smallest absolute Gasteiger partial charge is 0.326 e. The predicted molar refractivity (Wildman–Crippen MR) is 78.0 cm³/mol. The van der Waals surface area contributed by atoms with Crippen LogP contribution < -0.4 is 4.90 Å². The number of hydrogen-bond acceptors (Lipinski definition) is 4. The maximum Gasteiger partial charge on any atom is 0.326 e. The van der Waals surface area contributed by atoms with Crippen LogP contribution in [-0.4, -0.2) is 28.6 Å². The molecule has 20 heavy (non-hydrogen) atoms. The van der Waals surface area contributed by atoms with Gasteiger partial charge >= 0.3 is 5.97 Å². The number of halogens is 1. The first-order valence-corrected chi connectivity index (χ1v) is 7.13. The van der Waals surface area contributed by atoms with Gasteiger partial charge in [-0.3, -0.25) is 10.1 Å². The number of nitro groups is 1. The maximum atomic E-state index is 11.4. The van der Waals surface area contributed by atoms with Crippen molar-refractivity contribution in [3.05, 3.63) is 32.8 Å². The van der Waals surface area contributed by atoms with Gasteiger partial charge < -0.3 is 10.0 Å². The third-order valence-corrected chi connectivity index (χ3v) is 4.09. The lowest BCUT2D eigenvalue weighted by atomic mass is 9.92. The molecule has 108 valence electrons. The van der Waals surface area contributed by atoms with E-state index >= 15 is 0 Å². The first-order valence-electron chi connectivity index (χ1n) is 6.33. The number of nitro benzene ring substituents is 1. The van der Waals surface area contributed by atoms with E-state index in [0.29, 0.717) is 29.0 Å². The van der Waals surface area contributed by atoms with Crippen molar-refractivity contribution in [2.45, 2.75) is 25.8 Å². The highest BCUT2D eigenvalue weighted by atomic mass is 79.9. The fraction of sp³-hybridized carbons (Fsp3) is 0.462. The Bertz CT molecular complexity index is 549. The first kappa shape index (κ1) is 14.8. The Balaban J connectivity index is 2.45. The number of piperidine rings is 1. The summed E-state index contributed by atoms with van der Waals surface area (Å²) in [7, 11) is 0. The van der Waals surface area contributed by atoms with Gasteiger partial charge in [0, 0.05) is 17.1 Å². The molecule has 1 aliphatic rings. The second-order valence-corrected chi connectivity index (χ2v) is 5.98. The molecule has 1 fully saturated rings. The average molecular weight is 343 g/mol. The molecule has 0 radical (unpaired) electrons. The minimum absolute atomic E-state index is 0.0611. The highest BCUT2D eigenvalue weighted by molar-refractivity contribution is 9.10. The van der Waals surface area contributed by atoms with Crippen LogP contribution in [0, 0.1) is 16.0 Å². The van der Waals surface area contributed by atoms with Crippen LogP contribution in [-0.2, 0) is 4.79 Å². The van der Waals surface area contributed by atoms with E-state index in [1.807, 2.05) is 6.92 Å². The zero-order valence-corrected chi connectivity index (χ0v) is 12.5. The molecular formula is C13H15BrN2O4. The van der Waals surface area contributed by atoms with Gasteiger partial charge in [0.05, 0.1) is 4.92 Å². The van der Waals surface area contributed by atoms with Crippen molar-refractivity contribution >= 4 is 33.3 Å². The molecule has 7 heteroatoms. The van der Waals surface area contributed by atoms with Crippen LogP contribution in [0.15, 0.2) is 22.7 Å². The van der Waals surface area contributed by atoms with Gasteiger partial charge in [-0.2, -0.15) is 0 Å². The van der Waals surface area contributed by atoms with E-state index in [-0.39, 0.29) is 5.69 Å². The van der Waals surface area contributed by atoms with E-state index in [9.17, 15) is 20.0 Å². The normalized spacial score (nSPS) is 22.6. The summed E-state index contributed by atoms with van der Waals surface area (Å²) in [5.41, 5.74) is 0.303. The van der Waals surface area contributed by atoms with Crippen molar-refractivity contribution in [1.29, 1.82) is 0 Å². The van der Waals surface area contributed by atoms with Crippen molar-refractivity contribution < 1.29 is 14.8 Å². The summed E-state index contributed by atoms with van der Waals surface area (Å²) in [5, 5.41) is 20.5. The van der Waals surface area contributed by atoms with Crippen LogP contribution >= 0.6 is 15.9 Å². The minimum atomic E-state index is -0.939. The topological polar surface area (TPSA) is 83.7 Å². The number of hydrogen-bond donors (Lipinski definition) is 1. The van der Waals surface area contributed by atoms with Crippen molar-refractivity contribution in [3.8, 4) is 0 Å². The molecule has 0 amide bonds. The Hall–Kier alpha value is -1.63. The lowest BCUT2D eigenvalue weighted by Gasteiger charge is -2.37. The number of benzene rings is 1. The molecule has 1 N–H and O–H groups in total. The summed E-state index contributed by atoms with van der Waals surface area (Å²) < 4.78 is 0.695. The van der Waals surface area contributed by atoms with Gasteiger partial charge in [0.2, 0.25) is 0 Å². The molecule has 2 atom stereocenters. The van der Waals surface area contributed by atoms with E-state index in [1.54, 1.807) is 17.0 Å². The minimum Gasteiger partial charge on any atom is -0.480 e. The maximum absolute atomic E-state index is 11.4. The Morgan fingerprint density at radius 1 is 1.55 bits per heavy atom. The Morgan fingerprint density at radius 3 is 2.85 bits per heavy atom. The van der Waals surface area contributed by atoms with Crippen molar-refractivity contribution in [2.24, 2.45) is 5.92 Å². The largest absolute Gasteiger partial charge is 0.480 e. The van der Waals surface area contributed by atoms with Crippen molar-refractivity contribution in [2.75, 3.05) is 11.4 Å². The number of rotatable bonds is 3. The van der Waals surface area contributed by atoms with Crippen molar-refractivity contribution in [1.82, 2.24) is 0 Å². The standard InChI is InChI=1S/C13H15BrN2O4/c1-8-4-5-15(12(6-8)13(17)18)11-7-9(14)2-3-10(11)16(19)20/h2-3,7-8,12H,4-6H2,1H3,(H,17,18). The summed E-state index contributed by atoms with van der Waals surface area (Å²) in [5.74, 6) is -0.635. The summed E-state index contributed by atoms with van der Waals surface area (Å²) in [4.78, 5) is 23.7. The summed E-state index contributed by atoms with van der Waals surface area (Å²) in [6.45, 7) is 2.51. The van der Waals surface area contributed by atoms with Crippen LogP contribution in [0.2, 0.25) is 0 Å². The molecule has 2 unspecified atom stereocenters. The molecule has 0 saturated carbocycles. The molecule has 1 saturated heterocycles. The van der Waals surface area contributed by atoms with E-state index in [0.717, 1.165) is 6.42 Å². The van der Waals surface area contributed by atoms with Gasteiger partial charge in [0.1, 0.15) is 11.7 Å². The average Bonchev–Trinajstić information content (AvgIpc) is 2.38. The van der Waals surface area contributed by atoms with Gasteiger partial charge in [-0.05, 0) is 30.9 Å². The van der Waals surface area contributed by atoms with Gasteiger partial charge in [-0.25, -0.2) is 4.79 Å². The first-order chi connectivity index (χ1) is 9.40. The molecule has 1 aromatic rings. The SMILES string of the molecule is CC1CCN(c2cc(Br)ccc2[N+](=O)[O-])C(C(=O)O)C1. The van der Waals surface area contributed by atoms with Crippen LogP contribution in [0.25, 0.3) is 0 Å². The Kier molecular flexibility index (Phi) is 4.27. The quantitative estimate of drug-likeness (QED) is 0.674. The third-order valence-electron chi connectivity index (χ3n) is 3.59. The zero-order chi connectivity index (χ0) is 14.9. The monoisotopic (exact) mass is 342 g/mol.